The van der Waals surface area contributed by atoms with Crippen LogP contribution >= 0.6 is 12.1 Å². The molecule has 3 aromatic carbocycles. The smallest absolute Gasteiger partial charge is 0.131 e. The van der Waals surface area contributed by atoms with Gasteiger partial charge in [-0.15, -0.1) is 0 Å². The maximum absolute atomic E-state index is 13.2. The molecule has 1 aliphatic carbocycles. The first-order chi connectivity index (χ1) is 14.6. The number of aliphatic imine (C=N–C) groups is 1. The van der Waals surface area contributed by atoms with Crippen LogP contribution in [-0.4, -0.2) is 10.8 Å². The summed E-state index contributed by atoms with van der Waals surface area (Å²) in [5, 5.41) is 4.54. The maximum Gasteiger partial charge on any atom is 0.131 e. The Bertz CT molecular complexity index is 1360. The number of nitrogens with zero attached hydrogens (tertiary/aromatic N) is 1. The molecule has 6 N–H and O–H groups in total. The lowest BCUT2D eigenvalue weighted by molar-refractivity contribution is 0.566. The van der Waals surface area contributed by atoms with E-state index in [1.54, 1.807) is 6.07 Å². The molecule has 1 aromatic heterocycles. The van der Waals surface area contributed by atoms with Crippen LogP contribution in [0.5, 0.6) is 0 Å². The first kappa shape index (κ1) is 17.4. The molecule has 1 aliphatic heterocycles. The van der Waals surface area contributed by atoms with E-state index in [-0.39, 0.29) is 24.2 Å². The van der Waals surface area contributed by atoms with Gasteiger partial charge in [0, 0.05) is 38.9 Å². The summed E-state index contributed by atoms with van der Waals surface area (Å²) in [5.41, 5.74) is 20.0. The third kappa shape index (κ3) is 2.45. The molecule has 4 aromatic rings. The minimum absolute atomic E-state index is 0.0449. The molecule has 2 heterocycles. The van der Waals surface area contributed by atoms with Crippen LogP contribution in [0.25, 0.3) is 22.0 Å². The quantitative estimate of drug-likeness (QED) is 0.342. The molecule has 2 atom stereocenters. The molecule has 2 aliphatic rings. The Morgan fingerprint density at radius 2 is 1.60 bits per heavy atom. The van der Waals surface area contributed by atoms with Gasteiger partial charge in [-0.3, -0.25) is 4.99 Å². The first-order valence-electron chi connectivity index (χ1n) is 9.66. The zero-order valence-corrected chi connectivity index (χ0v) is 16.6. The van der Waals surface area contributed by atoms with Gasteiger partial charge in [0.1, 0.15) is 11.9 Å². The van der Waals surface area contributed by atoms with Crippen LogP contribution in [0.4, 0.5) is 15.3 Å². The van der Waals surface area contributed by atoms with Gasteiger partial charge < -0.3 is 21.8 Å². The number of amidine groups is 1. The molecular weight excluding hydrogens is 397 g/mol. The van der Waals surface area contributed by atoms with Gasteiger partial charge in [0.15, 0.2) is 0 Å². The Morgan fingerprint density at radius 3 is 2.37 bits per heavy atom. The molecule has 6 rings (SSSR count). The molecule has 7 heteroatoms. The van der Waals surface area contributed by atoms with Crippen molar-refractivity contribution in [3.63, 3.8) is 0 Å². The monoisotopic (exact) mass is 415 g/mol. The molecule has 0 bridgehead atoms. The second-order valence-electron chi connectivity index (χ2n) is 7.72. The number of anilines is 2. The number of hydrogen-bond acceptors (Lipinski definition) is 5. The van der Waals surface area contributed by atoms with Gasteiger partial charge in [-0.2, -0.15) is 3.89 Å². The van der Waals surface area contributed by atoms with E-state index in [0.29, 0.717) is 10.6 Å². The van der Waals surface area contributed by atoms with Crippen LogP contribution < -0.4 is 16.8 Å². The number of aromatic amines is 1. The van der Waals surface area contributed by atoms with Crippen molar-refractivity contribution in [2.75, 3.05) is 11.5 Å². The number of benzene rings is 3. The predicted molar refractivity (Wildman–Crippen MR) is 121 cm³/mol. The number of aromatic nitrogens is 1. The van der Waals surface area contributed by atoms with Crippen LogP contribution in [0, 0.1) is 0 Å². The fourth-order valence-corrected chi connectivity index (χ4v) is 4.90. The molecule has 5 nitrogen and oxygen atoms in total. The molecular formula is C23H18FN5S. The zero-order valence-electron chi connectivity index (χ0n) is 15.8. The summed E-state index contributed by atoms with van der Waals surface area (Å²) in [6, 6.07) is 17.3. The van der Waals surface area contributed by atoms with Crippen molar-refractivity contribution in [2.45, 2.75) is 17.0 Å². The summed E-state index contributed by atoms with van der Waals surface area (Å²) >= 11 is 0.241. The summed E-state index contributed by atoms with van der Waals surface area (Å²) in [7, 11) is 0. The summed E-state index contributed by atoms with van der Waals surface area (Å²) in [4.78, 5) is 8.88. The second-order valence-corrected chi connectivity index (χ2v) is 8.35. The van der Waals surface area contributed by atoms with Crippen LogP contribution in [0.1, 0.15) is 28.8 Å². The molecule has 0 amide bonds. The fourth-order valence-electron chi connectivity index (χ4n) is 4.62. The molecule has 0 saturated carbocycles. The predicted octanol–water partition coefficient (Wildman–Crippen LogP) is 5.12. The van der Waals surface area contributed by atoms with Crippen molar-refractivity contribution >= 4 is 40.3 Å². The van der Waals surface area contributed by atoms with Gasteiger partial charge in [0.2, 0.25) is 0 Å². The standard InChI is InChI=1S/C23H18FN5S/c24-30-13-3-6-20-16(9-13)19(10-27-20)23-28-21-17-7-11(25)1-4-14(17)15-5-2-12(26)8-18(15)22(21)29-23/h1-10,21-22,27H,25-26H2,(H,28,29). The number of nitrogens with two attached hydrogens (primary N) is 2. The second kappa shape index (κ2) is 6.27. The number of fused-ring (bicyclic) bond motifs is 7. The summed E-state index contributed by atoms with van der Waals surface area (Å²) in [6.07, 6.45) is 1.92. The van der Waals surface area contributed by atoms with Crippen molar-refractivity contribution in [3.8, 4) is 11.1 Å². The van der Waals surface area contributed by atoms with Crippen LogP contribution in [0.15, 0.2) is 70.7 Å². The average molecular weight is 415 g/mol. The van der Waals surface area contributed by atoms with E-state index in [4.69, 9.17) is 16.5 Å². The largest absolute Gasteiger partial charge is 0.399 e. The van der Waals surface area contributed by atoms with E-state index >= 15 is 0 Å². The van der Waals surface area contributed by atoms with Crippen LogP contribution in [0.3, 0.4) is 0 Å². The van der Waals surface area contributed by atoms with E-state index in [1.807, 2.05) is 42.6 Å². The molecule has 0 saturated heterocycles. The lowest BCUT2D eigenvalue weighted by Gasteiger charge is -2.30. The summed E-state index contributed by atoms with van der Waals surface area (Å²) in [6.45, 7) is 0. The minimum atomic E-state index is -0.114. The Hall–Kier alpha value is -3.45. The fraction of sp³-hybridized carbons (Fsp3) is 0.0870. The number of halogens is 1. The first-order valence-corrected chi connectivity index (χ1v) is 10.4. The highest BCUT2D eigenvalue weighted by Gasteiger charge is 2.39. The third-order valence-electron chi connectivity index (χ3n) is 5.97. The number of H-pyrrole nitrogens is 1. The van der Waals surface area contributed by atoms with Gasteiger partial charge in [0.05, 0.1) is 18.2 Å². The van der Waals surface area contributed by atoms with Crippen molar-refractivity contribution in [3.05, 3.63) is 77.5 Å². The average Bonchev–Trinajstić information content (AvgIpc) is 3.37. The van der Waals surface area contributed by atoms with Gasteiger partial charge in [0.25, 0.3) is 0 Å². The highest BCUT2D eigenvalue weighted by Crippen LogP contribution is 2.50. The summed E-state index contributed by atoms with van der Waals surface area (Å²) < 4.78 is 13.2. The van der Waals surface area contributed by atoms with E-state index in [0.717, 1.165) is 50.2 Å². The van der Waals surface area contributed by atoms with Crippen LogP contribution in [0.2, 0.25) is 0 Å². The highest BCUT2D eigenvalue weighted by molar-refractivity contribution is 7.94. The molecule has 30 heavy (non-hydrogen) atoms. The van der Waals surface area contributed by atoms with Crippen LogP contribution in [-0.2, 0) is 0 Å². The normalized spacial score (nSPS) is 19.0. The lowest BCUT2D eigenvalue weighted by Crippen LogP contribution is -2.27. The Balaban J connectivity index is 1.54. The molecule has 0 fully saturated rings. The van der Waals surface area contributed by atoms with Gasteiger partial charge in [-0.1, -0.05) is 12.1 Å². The molecule has 0 radical (unpaired) electrons. The van der Waals surface area contributed by atoms with E-state index in [2.05, 4.69) is 22.4 Å². The molecule has 2 unspecified atom stereocenters. The Labute approximate surface area is 176 Å². The molecule has 0 spiro atoms. The number of nitrogen functional groups attached to an aromatic ring is 2. The van der Waals surface area contributed by atoms with E-state index in [1.165, 1.54) is 0 Å². The molecule has 148 valence electrons. The van der Waals surface area contributed by atoms with E-state index < -0.39 is 0 Å². The number of nitrogens with one attached hydrogen (secondary N) is 2. The van der Waals surface area contributed by atoms with Gasteiger partial charge in [-0.05, 0) is 64.7 Å². The Morgan fingerprint density at radius 1 is 0.867 bits per heavy atom. The third-order valence-corrected chi connectivity index (χ3v) is 6.40. The van der Waals surface area contributed by atoms with Crippen molar-refractivity contribution in [1.29, 1.82) is 0 Å². The Kier molecular flexibility index (Phi) is 3.64. The SMILES string of the molecule is Nc1ccc2c(c1)C1N=C(c3c[nH]c4ccc(SF)cc34)NC1c1cc(N)ccc1-2. The zero-order chi connectivity index (χ0) is 20.4. The van der Waals surface area contributed by atoms with Gasteiger partial charge >= 0.3 is 0 Å². The lowest BCUT2D eigenvalue weighted by atomic mass is 9.79. The minimum Gasteiger partial charge on any atom is -0.399 e. The van der Waals surface area contributed by atoms with Crippen molar-refractivity contribution in [1.82, 2.24) is 10.3 Å². The van der Waals surface area contributed by atoms with Crippen molar-refractivity contribution in [2.24, 2.45) is 4.99 Å². The van der Waals surface area contributed by atoms with Gasteiger partial charge in [-0.25, -0.2) is 0 Å². The highest BCUT2D eigenvalue weighted by atomic mass is 32.2. The number of rotatable bonds is 2. The van der Waals surface area contributed by atoms with E-state index in [9.17, 15) is 3.89 Å². The number of hydrogen-bond donors (Lipinski definition) is 4. The maximum atomic E-state index is 13.2. The topological polar surface area (TPSA) is 92.2 Å². The van der Waals surface area contributed by atoms with Crippen molar-refractivity contribution < 1.29 is 3.89 Å². The summed E-state index contributed by atoms with van der Waals surface area (Å²) in [5.74, 6) is 0.779.